The molecule has 0 aromatic carbocycles. The van der Waals surface area contributed by atoms with Crippen molar-refractivity contribution in [2.24, 2.45) is 11.7 Å². The highest BCUT2D eigenvalue weighted by Gasteiger charge is 2.27. The SMILES string of the molecule is N#C[C@@H](N)C1CC1. The second kappa shape index (κ2) is 1.51. The maximum absolute atomic E-state index is 8.17. The first-order chi connectivity index (χ1) is 3.34. The molecule has 7 heavy (non-hydrogen) atoms. The number of nitriles is 1. The molecule has 1 atom stereocenters. The Kier molecular flexibility index (Phi) is 0.994. The Morgan fingerprint density at radius 2 is 2.29 bits per heavy atom. The molecular formula is C5H8N2. The summed E-state index contributed by atoms with van der Waals surface area (Å²) < 4.78 is 0. The Morgan fingerprint density at radius 3 is 2.43 bits per heavy atom. The summed E-state index contributed by atoms with van der Waals surface area (Å²) in [5, 5.41) is 8.17. The van der Waals surface area contributed by atoms with E-state index in [2.05, 4.69) is 0 Å². The molecule has 0 aromatic rings. The molecule has 0 heterocycles. The van der Waals surface area contributed by atoms with Gasteiger partial charge in [0.1, 0.15) is 0 Å². The molecule has 0 aliphatic heterocycles. The van der Waals surface area contributed by atoms with Crippen LogP contribution in [0.2, 0.25) is 0 Å². The lowest BCUT2D eigenvalue weighted by molar-refractivity contribution is 0.722. The first kappa shape index (κ1) is 4.61. The van der Waals surface area contributed by atoms with E-state index in [9.17, 15) is 0 Å². The van der Waals surface area contributed by atoms with E-state index in [1.54, 1.807) is 0 Å². The van der Waals surface area contributed by atoms with Gasteiger partial charge in [0.15, 0.2) is 0 Å². The van der Waals surface area contributed by atoms with Crippen molar-refractivity contribution in [2.45, 2.75) is 18.9 Å². The summed E-state index contributed by atoms with van der Waals surface area (Å²) in [7, 11) is 0. The zero-order chi connectivity index (χ0) is 5.28. The molecule has 1 aliphatic carbocycles. The molecule has 0 unspecified atom stereocenters. The van der Waals surface area contributed by atoms with Crippen LogP contribution in [0.5, 0.6) is 0 Å². The van der Waals surface area contributed by atoms with Gasteiger partial charge in [0.05, 0.1) is 12.1 Å². The average Bonchev–Trinajstić information content (AvgIpc) is 2.44. The van der Waals surface area contributed by atoms with Crippen LogP contribution in [0.1, 0.15) is 12.8 Å². The Balaban J connectivity index is 2.27. The van der Waals surface area contributed by atoms with Gasteiger partial charge in [0, 0.05) is 0 Å². The maximum Gasteiger partial charge on any atom is 0.0956 e. The minimum atomic E-state index is -0.181. The second-order valence-corrected chi connectivity index (χ2v) is 1.99. The Bertz CT molecular complexity index is 99.1. The van der Waals surface area contributed by atoms with E-state index in [1.165, 1.54) is 0 Å². The van der Waals surface area contributed by atoms with Crippen LogP contribution in [0.25, 0.3) is 0 Å². The van der Waals surface area contributed by atoms with Gasteiger partial charge in [-0.25, -0.2) is 0 Å². The third-order valence-electron chi connectivity index (χ3n) is 1.28. The highest BCUT2D eigenvalue weighted by molar-refractivity contribution is 4.97. The molecule has 0 spiro atoms. The molecular weight excluding hydrogens is 88.1 g/mol. The Hall–Kier alpha value is -0.550. The van der Waals surface area contributed by atoms with Crippen LogP contribution < -0.4 is 5.73 Å². The summed E-state index contributed by atoms with van der Waals surface area (Å²) in [6.07, 6.45) is 2.32. The summed E-state index contributed by atoms with van der Waals surface area (Å²) >= 11 is 0. The van der Waals surface area contributed by atoms with Crippen molar-refractivity contribution in [1.29, 1.82) is 5.26 Å². The van der Waals surface area contributed by atoms with E-state index in [0.29, 0.717) is 5.92 Å². The van der Waals surface area contributed by atoms with Crippen LogP contribution in [0.15, 0.2) is 0 Å². The fourth-order valence-corrected chi connectivity index (χ4v) is 0.561. The lowest BCUT2D eigenvalue weighted by atomic mass is 10.2. The zero-order valence-electron chi connectivity index (χ0n) is 4.09. The minimum Gasteiger partial charge on any atom is -0.316 e. The lowest BCUT2D eigenvalue weighted by Gasteiger charge is -1.91. The fourth-order valence-electron chi connectivity index (χ4n) is 0.561. The van der Waals surface area contributed by atoms with Gasteiger partial charge in [0.2, 0.25) is 0 Å². The molecule has 1 rings (SSSR count). The molecule has 0 bridgehead atoms. The Labute approximate surface area is 42.9 Å². The zero-order valence-corrected chi connectivity index (χ0v) is 4.09. The second-order valence-electron chi connectivity index (χ2n) is 1.99. The van der Waals surface area contributed by atoms with E-state index in [0.717, 1.165) is 12.8 Å². The standard InChI is InChI=1S/C5H8N2/c6-3-5(7)4-1-2-4/h4-5H,1-2,7H2/t5-/m1/s1. The number of nitrogens with zero attached hydrogens (tertiary/aromatic N) is 1. The largest absolute Gasteiger partial charge is 0.316 e. The normalized spacial score (nSPS) is 23.4. The van der Waals surface area contributed by atoms with Gasteiger partial charge >= 0.3 is 0 Å². The molecule has 2 N–H and O–H groups in total. The number of nitrogens with two attached hydrogens (primary N) is 1. The predicted octanol–water partition coefficient (Wildman–Crippen LogP) is 0.247. The van der Waals surface area contributed by atoms with Crippen LogP contribution in [0.3, 0.4) is 0 Å². The summed E-state index contributed by atoms with van der Waals surface area (Å²) in [6.45, 7) is 0. The van der Waals surface area contributed by atoms with Crippen molar-refractivity contribution in [2.75, 3.05) is 0 Å². The highest BCUT2D eigenvalue weighted by Crippen LogP contribution is 2.30. The summed E-state index contributed by atoms with van der Waals surface area (Å²) in [6, 6.07) is 1.82. The molecule has 0 aromatic heterocycles. The van der Waals surface area contributed by atoms with Crippen LogP contribution in [0.4, 0.5) is 0 Å². The first-order valence-electron chi connectivity index (χ1n) is 2.50. The van der Waals surface area contributed by atoms with Crippen molar-refractivity contribution < 1.29 is 0 Å². The molecule has 0 radical (unpaired) electrons. The van der Waals surface area contributed by atoms with E-state index >= 15 is 0 Å². The summed E-state index contributed by atoms with van der Waals surface area (Å²) in [4.78, 5) is 0. The van der Waals surface area contributed by atoms with Gasteiger partial charge in [-0.05, 0) is 18.8 Å². The van der Waals surface area contributed by atoms with Crippen molar-refractivity contribution in [3.8, 4) is 6.07 Å². The number of hydrogen-bond acceptors (Lipinski definition) is 2. The molecule has 1 fully saturated rings. The number of hydrogen-bond donors (Lipinski definition) is 1. The van der Waals surface area contributed by atoms with Gasteiger partial charge in [-0.2, -0.15) is 5.26 Å². The average molecular weight is 96.1 g/mol. The van der Waals surface area contributed by atoms with Crippen LogP contribution >= 0.6 is 0 Å². The Morgan fingerprint density at radius 1 is 1.71 bits per heavy atom. The van der Waals surface area contributed by atoms with Gasteiger partial charge in [-0.1, -0.05) is 0 Å². The third-order valence-corrected chi connectivity index (χ3v) is 1.28. The van der Waals surface area contributed by atoms with E-state index < -0.39 is 0 Å². The maximum atomic E-state index is 8.17. The van der Waals surface area contributed by atoms with E-state index in [4.69, 9.17) is 11.0 Å². The third kappa shape index (κ3) is 0.908. The first-order valence-corrected chi connectivity index (χ1v) is 2.50. The van der Waals surface area contributed by atoms with Crippen LogP contribution in [-0.2, 0) is 0 Å². The van der Waals surface area contributed by atoms with Crippen molar-refractivity contribution >= 4 is 0 Å². The van der Waals surface area contributed by atoms with E-state index in [1.807, 2.05) is 6.07 Å². The van der Waals surface area contributed by atoms with Gasteiger partial charge in [0.25, 0.3) is 0 Å². The highest BCUT2D eigenvalue weighted by atomic mass is 14.7. The van der Waals surface area contributed by atoms with Crippen molar-refractivity contribution in [1.82, 2.24) is 0 Å². The van der Waals surface area contributed by atoms with E-state index in [-0.39, 0.29) is 6.04 Å². The smallest absolute Gasteiger partial charge is 0.0956 e. The van der Waals surface area contributed by atoms with Gasteiger partial charge in [-0.3, -0.25) is 0 Å². The van der Waals surface area contributed by atoms with Crippen molar-refractivity contribution in [3.63, 3.8) is 0 Å². The predicted molar refractivity (Wildman–Crippen MR) is 26.3 cm³/mol. The molecule has 2 heteroatoms. The summed E-state index contributed by atoms with van der Waals surface area (Å²) in [5.74, 6) is 0.532. The molecule has 0 saturated heterocycles. The number of rotatable bonds is 1. The van der Waals surface area contributed by atoms with Gasteiger partial charge < -0.3 is 5.73 Å². The van der Waals surface area contributed by atoms with Crippen LogP contribution in [-0.4, -0.2) is 6.04 Å². The quantitative estimate of drug-likeness (QED) is 0.508. The van der Waals surface area contributed by atoms with Crippen molar-refractivity contribution in [3.05, 3.63) is 0 Å². The molecule has 2 nitrogen and oxygen atoms in total. The lowest BCUT2D eigenvalue weighted by Crippen LogP contribution is -2.18. The summed E-state index contributed by atoms with van der Waals surface area (Å²) in [5.41, 5.74) is 5.32. The van der Waals surface area contributed by atoms with Crippen LogP contribution in [0, 0.1) is 17.2 Å². The molecule has 38 valence electrons. The molecule has 0 amide bonds. The molecule has 1 saturated carbocycles. The topological polar surface area (TPSA) is 49.8 Å². The molecule has 1 aliphatic rings. The monoisotopic (exact) mass is 96.1 g/mol. The van der Waals surface area contributed by atoms with Gasteiger partial charge in [-0.15, -0.1) is 0 Å². The minimum absolute atomic E-state index is 0.181. The fraction of sp³-hybridized carbons (Fsp3) is 0.800.